The van der Waals surface area contributed by atoms with Crippen LogP contribution in [0.1, 0.15) is 30.6 Å². The SMILES string of the molecule is CCC(C)Sc1nnc(NC(=O)c2cccc(OC)c2)s1. The molecule has 1 unspecified atom stereocenters. The van der Waals surface area contributed by atoms with Gasteiger partial charge in [0.05, 0.1) is 7.11 Å². The molecule has 0 bridgehead atoms. The maximum atomic E-state index is 12.1. The topological polar surface area (TPSA) is 64.1 Å². The van der Waals surface area contributed by atoms with E-state index in [1.807, 2.05) is 0 Å². The largest absolute Gasteiger partial charge is 0.497 e. The molecule has 21 heavy (non-hydrogen) atoms. The van der Waals surface area contributed by atoms with Gasteiger partial charge >= 0.3 is 0 Å². The van der Waals surface area contributed by atoms with Gasteiger partial charge in [-0.25, -0.2) is 0 Å². The molecule has 0 aliphatic rings. The molecule has 1 amide bonds. The molecule has 0 aliphatic carbocycles. The molecule has 0 radical (unpaired) electrons. The van der Waals surface area contributed by atoms with Gasteiger partial charge in [0.1, 0.15) is 5.75 Å². The van der Waals surface area contributed by atoms with Crippen molar-refractivity contribution in [1.29, 1.82) is 0 Å². The minimum absolute atomic E-state index is 0.217. The van der Waals surface area contributed by atoms with Gasteiger partial charge in [-0.2, -0.15) is 0 Å². The number of hydrogen-bond acceptors (Lipinski definition) is 6. The van der Waals surface area contributed by atoms with Crippen LogP contribution in [0.2, 0.25) is 0 Å². The molecule has 1 atom stereocenters. The van der Waals surface area contributed by atoms with Crippen LogP contribution in [0.15, 0.2) is 28.6 Å². The number of ether oxygens (including phenoxy) is 1. The number of aromatic nitrogens is 2. The normalized spacial score (nSPS) is 12.0. The Morgan fingerprint density at radius 3 is 3.00 bits per heavy atom. The number of nitrogens with one attached hydrogen (secondary N) is 1. The summed E-state index contributed by atoms with van der Waals surface area (Å²) in [6.07, 6.45) is 1.07. The van der Waals surface area contributed by atoms with Gasteiger partial charge in [-0.15, -0.1) is 10.2 Å². The van der Waals surface area contributed by atoms with E-state index in [0.717, 1.165) is 10.8 Å². The molecule has 2 rings (SSSR count). The standard InChI is InChI=1S/C14H17N3O2S2/c1-4-9(2)20-14-17-16-13(21-14)15-12(18)10-6-5-7-11(8-10)19-3/h5-9H,4H2,1-3H3,(H,15,16,18). The average molecular weight is 323 g/mol. The fourth-order valence-corrected chi connectivity index (χ4v) is 3.49. The monoisotopic (exact) mass is 323 g/mol. The molecule has 2 aromatic rings. The number of anilines is 1. The predicted octanol–water partition coefficient (Wildman–Crippen LogP) is 3.69. The van der Waals surface area contributed by atoms with Crippen molar-refractivity contribution in [3.8, 4) is 5.75 Å². The van der Waals surface area contributed by atoms with Gasteiger partial charge in [0, 0.05) is 10.8 Å². The summed E-state index contributed by atoms with van der Waals surface area (Å²) in [5.74, 6) is 0.429. The molecule has 0 aliphatic heterocycles. The first kappa shape index (κ1) is 15.8. The smallest absolute Gasteiger partial charge is 0.257 e. The lowest BCUT2D eigenvalue weighted by atomic mass is 10.2. The summed E-state index contributed by atoms with van der Waals surface area (Å²) in [7, 11) is 1.57. The Labute approximate surface area is 132 Å². The number of methoxy groups -OCH3 is 1. The summed E-state index contributed by atoms with van der Waals surface area (Å²) in [5.41, 5.74) is 0.528. The Hall–Kier alpha value is -1.60. The highest BCUT2D eigenvalue weighted by molar-refractivity contribution is 8.01. The van der Waals surface area contributed by atoms with Crippen molar-refractivity contribution in [2.75, 3.05) is 12.4 Å². The van der Waals surface area contributed by atoms with Gasteiger partial charge in [0.25, 0.3) is 5.91 Å². The zero-order chi connectivity index (χ0) is 15.2. The lowest BCUT2D eigenvalue weighted by Gasteiger charge is -2.04. The summed E-state index contributed by atoms with van der Waals surface area (Å²) in [6.45, 7) is 4.27. The Bertz CT molecular complexity index is 616. The second kappa shape index (κ2) is 7.42. The predicted molar refractivity (Wildman–Crippen MR) is 86.5 cm³/mol. The molecule has 1 heterocycles. The van der Waals surface area contributed by atoms with Crippen LogP contribution in [0.4, 0.5) is 5.13 Å². The molecular formula is C14H17N3O2S2. The number of amides is 1. The van der Waals surface area contributed by atoms with Gasteiger partial charge in [-0.05, 0) is 24.6 Å². The first-order valence-corrected chi connectivity index (χ1v) is 8.27. The van der Waals surface area contributed by atoms with Crippen molar-refractivity contribution in [2.45, 2.75) is 29.9 Å². The number of thioether (sulfide) groups is 1. The minimum Gasteiger partial charge on any atom is -0.497 e. The lowest BCUT2D eigenvalue weighted by Crippen LogP contribution is -2.11. The molecule has 7 heteroatoms. The molecule has 1 N–H and O–H groups in total. The zero-order valence-corrected chi connectivity index (χ0v) is 13.8. The molecule has 112 valence electrons. The highest BCUT2D eigenvalue weighted by atomic mass is 32.2. The molecule has 0 saturated carbocycles. The Morgan fingerprint density at radius 2 is 2.29 bits per heavy atom. The second-order valence-corrected chi connectivity index (χ2v) is 7.06. The third-order valence-electron chi connectivity index (χ3n) is 2.84. The Morgan fingerprint density at radius 1 is 1.48 bits per heavy atom. The Kier molecular flexibility index (Phi) is 5.58. The van der Waals surface area contributed by atoms with Gasteiger partial charge < -0.3 is 4.74 Å². The van der Waals surface area contributed by atoms with Crippen LogP contribution in [0.5, 0.6) is 5.75 Å². The summed E-state index contributed by atoms with van der Waals surface area (Å²) < 4.78 is 5.97. The van der Waals surface area contributed by atoms with Crippen LogP contribution in [-0.4, -0.2) is 28.5 Å². The first-order chi connectivity index (χ1) is 10.1. The van der Waals surface area contributed by atoms with Crippen LogP contribution < -0.4 is 10.1 Å². The van der Waals surface area contributed by atoms with Crippen molar-refractivity contribution in [2.24, 2.45) is 0 Å². The van der Waals surface area contributed by atoms with Gasteiger partial charge in [0.2, 0.25) is 5.13 Å². The molecule has 0 fully saturated rings. The molecule has 5 nitrogen and oxygen atoms in total. The van der Waals surface area contributed by atoms with Gasteiger partial charge in [-0.1, -0.05) is 43.0 Å². The van der Waals surface area contributed by atoms with Gasteiger partial charge in [-0.3, -0.25) is 10.1 Å². The summed E-state index contributed by atoms with van der Waals surface area (Å²) in [4.78, 5) is 12.1. The van der Waals surface area contributed by atoms with E-state index >= 15 is 0 Å². The van der Waals surface area contributed by atoms with Gasteiger partial charge in [0.15, 0.2) is 4.34 Å². The maximum Gasteiger partial charge on any atom is 0.257 e. The first-order valence-electron chi connectivity index (χ1n) is 6.58. The quantitative estimate of drug-likeness (QED) is 0.649. The number of rotatable bonds is 6. The van der Waals surface area contributed by atoms with Crippen molar-refractivity contribution in [3.63, 3.8) is 0 Å². The number of hydrogen-bond donors (Lipinski definition) is 1. The second-order valence-electron chi connectivity index (χ2n) is 4.40. The fourth-order valence-electron chi connectivity index (χ4n) is 1.50. The van der Waals surface area contributed by atoms with E-state index < -0.39 is 0 Å². The molecule has 1 aromatic carbocycles. The average Bonchev–Trinajstić information content (AvgIpc) is 2.94. The molecule has 0 saturated heterocycles. The highest BCUT2D eigenvalue weighted by Crippen LogP contribution is 2.30. The van der Waals surface area contributed by atoms with Crippen LogP contribution in [-0.2, 0) is 0 Å². The summed E-state index contributed by atoms with van der Waals surface area (Å²) in [6, 6.07) is 6.99. The maximum absolute atomic E-state index is 12.1. The van der Waals surface area contributed by atoms with Crippen molar-refractivity contribution < 1.29 is 9.53 Å². The van der Waals surface area contributed by atoms with Crippen LogP contribution in [0.25, 0.3) is 0 Å². The summed E-state index contributed by atoms with van der Waals surface area (Å²) >= 11 is 3.05. The van der Waals surface area contributed by atoms with E-state index in [-0.39, 0.29) is 5.91 Å². The van der Waals surface area contributed by atoms with E-state index in [9.17, 15) is 4.79 Å². The highest BCUT2D eigenvalue weighted by Gasteiger charge is 2.12. The van der Waals surface area contributed by atoms with E-state index in [2.05, 4.69) is 29.4 Å². The van der Waals surface area contributed by atoms with E-state index in [1.165, 1.54) is 11.3 Å². The van der Waals surface area contributed by atoms with Crippen LogP contribution >= 0.6 is 23.1 Å². The Balaban J connectivity index is 2.02. The minimum atomic E-state index is -0.217. The number of carbonyl (C=O) groups is 1. The van der Waals surface area contributed by atoms with E-state index in [0.29, 0.717) is 21.7 Å². The number of nitrogens with zero attached hydrogens (tertiary/aromatic N) is 2. The number of benzene rings is 1. The molecular weight excluding hydrogens is 306 g/mol. The van der Waals surface area contributed by atoms with Crippen molar-refractivity contribution in [1.82, 2.24) is 10.2 Å². The third-order valence-corrected chi connectivity index (χ3v) is 5.03. The molecule has 1 aromatic heterocycles. The third kappa shape index (κ3) is 4.44. The van der Waals surface area contributed by atoms with E-state index in [4.69, 9.17) is 4.74 Å². The van der Waals surface area contributed by atoms with Crippen molar-refractivity contribution in [3.05, 3.63) is 29.8 Å². The van der Waals surface area contributed by atoms with Crippen molar-refractivity contribution >= 4 is 34.1 Å². The molecule has 0 spiro atoms. The fraction of sp³-hybridized carbons (Fsp3) is 0.357. The van der Waals surface area contributed by atoms with Crippen LogP contribution in [0.3, 0.4) is 0 Å². The van der Waals surface area contributed by atoms with E-state index in [1.54, 1.807) is 43.1 Å². The zero-order valence-electron chi connectivity index (χ0n) is 12.1. The van der Waals surface area contributed by atoms with Crippen LogP contribution in [0, 0.1) is 0 Å². The number of carbonyl (C=O) groups excluding carboxylic acids is 1. The lowest BCUT2D eigenvalue weighted by molar-refractivity contribution is 0.102. The summed E-state index contributed by atoms with van der Waals surface area (Å²) in [5, 5.41) is 11.8.